The van der Waals surface area contributed by atoms with Gasteiger partial charge >= 0.3 is 0 Å². The van der Waals surface area contributed by atoms with Gasteiger partial charge in [0.2, 0.25) is 0 Å². The fraction of sp³-hybridized carbons (Fsp3) is 0.471. The van der Waals surface area contributed by atoms with Crippen LogP contribution in [0, 0.1) is 0 Å². The molecule has 1 unspecified atom stereocenters. The molecule has 1 aromatic heterocycles. The van der Waals surface area contributed by atoms with Crippen LogP contribution in [-0.4, -0.2) is 16.3 Å². The van der Waals surface area contributed by atoms with E-state index >= 15 is 0 Å². The minimum atomic E-state index is 0.525. The summed E-state index contributed by atoms with van der Waals surface area (Å²) in [6.07, 6.45) is 5.41. The second kappa shape index (κ2) is 5.80. The first kappa shape index (κ1) is 13.4. The van der Waals surface area contributed by atoms with Gasteiger partial charge in [0.25, 0.3) is 0 Å². The quantitative estimate of drug-likeness (QED) is 0.899. The van der Waals surface area contributed by atoms with Crippen LogP contribution in [0.5, 0.6) is 0 Å². The third-order valence-corrected chi connectivity index (χ3v) is 4.15. The summed E-state index contributed by atoms with van der Waals surface area (Å²) in [6.45, 7) is 6.39. The smallest absolute Gasteiger partial charge is 0.0685 e. The lowest BCUT2D eigenvalue weighted by Gasteiger charge is -2.14. The minimum Gasteiger partial charge on any atom is -0.310 e. The van der Waals surface area contributed by atoms with Gasteiger partial charge in [0, 0.05) is 24.3 Å². The molecule has 0 saturated heterocycles. The van der Waals surface area contributed by atoms with Gasteiger partial charge in [-0.05, 0) is 43.0 Å². The zero-order valence-corrected chi connectivity index (χ0v) is 12.4. The molecule has 0 aliphatic heterocycles. The van der Waals surface area contributed by atoms with E-state index in [0.29, 0.717) is 6.04 Å². The lowest BCUT2D eigenvalue weighted by atomic mass is 10.00. The number of rotatable bonds is 5. The van der Waals surface area contributed by atoms with Gasteiger partial charge in [0.05, 0.1) is 5.69 Å². The number of fused-ring (bicyclic) bond motifs is 1. The molecule has 1 atom stereocenters. The van der Waals surface area contributed by atoms with Gasteiger partial charge in [-0.25, -0.2) is 0 Å². The number of hydrogen-bond donors (Lipinski definition) is 1. The SMILES string of the molecule is CCCn1nccc1-c1cccc2c1CCC2NCC. The molecule has 3 nitrogen and oxygen atoms in total. The minimum absolute atomic E-state index is 0.525. The summed E-state index contributed by atoms with van der Waals surface area (Å²) < 4.78 is 2.14. The molecule has 1 aromatic carbocycles. The van der Waals surface area contributed by atoms with Crippen molar-refractivity contribution in [1.29, 1.82) is 0 Å². The van der Waals surface area contributed by atoms with Crippen molar-refractivity contribution in [1.82, 2.24) is 15.1 Å². The summed E-state index contributed by atoms with van der Waals surface area (Å²) in [5, 5.41) is 8.05. The van der Waals surface area contributed by atoms with Gasteiger partial charge in [-0.15, -0.1) is 0 Å². The fourth-order valence-electron chi connectivity index (χ4n) is 3.30. The molecule has 3 rings (SSSR count). The van der Waals surface area contributed by atoms with Crippen LogP contribution in [0.1, 0.15) is 43.9 Å². The van der Waals surface area contributed by atoms with E-state index < -0.39 is 0 Å². The highest BCUT2D eigenvalue weighted by Gasteiger charge is 2.24. The maximum Gasteiger partial charge on any atom is 0.0685 e. The Morgan fingerprint density at radius 3 is 3.00 bits per heavy atom. The van der Waals surface area contributed by atoms with Crippen LogP contribution < -0.4 is 5.32 Å². The summed E-state index contributed by atoms with van der Waals surface area (Å²) >= 11 is 0. The fourth-order valence-corrected chi connectivity index (χ4v) is 3.30. The third kappa shape index (κ3) is 2.27. The van der Waals surface area contributed by atoms with Crippen LogP contribution in [0.4, 0.5) is 0 Å². The van der Waals surface area contributed by atoms with E-state index in [1.807, 2.05) is 6.20 Å². The molecule has 20 heavy (non-hydrogen) atoms. The molecule has 1 aliphatic carbocycles. The molecule has 1 N–H and O–H groups in total. The van der Waals surface area contributed by atoms with Crippen molar-refractivity contribution in [3.8, 4) is 11.3 Å². The van der Waals surface area contributed by atoms with Crippen molar-refractivity contribution in [3.05, 3.63) is 41.6 Å². The van der Waals surface area contributed by atoms with Gasteiger partial charge < -0.3 is 5.32 Å². The van der Waals surface area contributed by atoms with Gasteiger partial charge in [0.15, 0.2) is 0 Å². The molecule has 1 aliphatic rings. The summed E-state index contributed by atoms with van der Waals surface area (Å²) in [5.41, 5.74) is 5.62. The second-order valence-electron chi connectivity index (χ2n) is 5.46. The van der Waals surface area contributed by atoms with Gasteiger partial charge in [-0.3, -0.25) is 4.68 Å². The van der Waals surface area contributed by atoms with Crippen molar-refractivity contribution in [2.45, 2.75) is 45.7 Å². The van der Waals surface area contributed by atoms with Gasteiger partial charge in [-0.1, -0.05) is 32.0 Å². The summed E-state index contributed by atoms with van der Waals surface area (Å²) in [7, 11) is 0. The largest absolute Gasteiger partial charge is 0.310 e. The van der Waals surface area contributed by atoms with Crippen molar-refractivity contribution in [3.63, 3.8) is 0 Å². The molecule has 0 saturated carbocycles. The number of nitrogens with one attached hydrogen (secondary N) is 1. The molecule has 0 spiro atoms. The third-order valence-electron chi connectivity index (χ3n) is 4.15. The normalized spacial score (nSPS) is 17.4. The lowest BCUT2D eigenvalue weighted by Crippen LogP contribution is -2.18. The first-order valence-corrected chi connectivity index (χ1v) is 7.72. The maximum atomic E-state index is 4.46. The van der Waals surface area contributed by atoms with E-state index in [9.17, 15) is 0 Å². The standard InChI is InChI=1S/C17H23N3/c1-3-12-20-17(10-11-19-20)15-7-5-6-14-13(15)8-9-16(14)18-4-2/h5-7,10-11,16,18H,3-4,8-9,12H2,1-2H3. The predicted molar refractivity (Wildman–Crippen MR) is 82.7 cm³/mol. The van der Waals surface area contributed by atoms with E-state index in [2.05, 4.69) is 53.2 Å². The summed E-state index contributed by atoms with van der Waals surface area (Å²) in [5.74, 6) is 0. The Balaban J connectivity index is 2.01. The highest BCUT2D eigenvalue weighted by atomic mass is 15.3. The van der Waals surface area contributed by atoms with Crippen LogP contribution in [0.2, 0.25) is 0 Å². The first-order chi connectivity index (χ1) is 9.85. The molecule has 0 fully saturated rings. The van der Waals surface area contributed by atoms with Crippen LogP contribution in [0.15, 0.2) is 30.5 Å². The Labute approximate surface area is 121 Å². The van der Waals surface area contributed by atoms with Crippen LogP contribution in [0.25, 0.3) is 11.3 Å². The first-order valence-electron chi connectivity index (χ1n) is 7.72. The average molecular weight is 269 g/mol. The van der Waals surface area contributed by atoms with E-state index in [1.165, 1.54) is 35.2 Å². The number of nitrogens with zero attached hydrogens (tertiary/aromatic N) is 2. The van der Waals surface area contributed by atoms with Crippen LogP contribution in [-0.2, 0) is 13.0 Å². The Morgan fingerprint density at radius 2 is 2.20 bits per heavy atom. The highest BCUT2D eigenvalue weighted by Crippen LogP contribution is 2.37. The van der Waals surface area contributed by atoms with Crippen molar-refractivity contribution >= 4 is 0 Å². The maximum absolute atomic E-state index is 4.46. The molecule has 106 valence electrons. The second-order valence-corrected chi connectivity index (χ2v) is 5.46. The molecule has 1 heterocycles. The Hall–Kier alpha value is -1.61. The predicted octanol–water partition coefficient (Wildman–Crippen LogP) is 3.56. The molecule has 3 heteroatoms. The molecular formula is C17H23N3. The number of aryl methyl sites for hydroxylation is 1. The lowest BCUT2D eigenvalue weighted by molar-refractivity contribution is 0.549. The zero-order chi connectivity index (χ0) is 13.9. The van der Waals surface area contributed by atoms with Crippen LogP contribution in [0.3, 0.4) is 0 Å². The summed E-state index contributed by atoms with van der Waals surface area (Å²) in [4.78, 5) is 0. The van der Waals surface area contributed by atoms with Gasteiger partial charge in [-0.2, -0.15) is 5.10 Å². The average Bonchev–Trinajstić information content (AvgIpc) is 3.07. The van der Waals surface area contributed by atoms with Crippen molar-refractivity contribution in [2.24, 2.45) is 0 Å². The zero-order valence-electron chi connectivity index (χ0n) is 12.4. The van der Waals surface area contributed by atoms with Crippen molar-refractivity contribution in [2.75, 3.05) is 6.54 Å². The number of benzene rings is 1. The highest BCUT2D eigenvalue weighted by molar-refractivity contribution is 5.67. The van der Waals surface area contributed by atoms with E-state index in [0.717, 1.165) is 19.5 Å². The summed E-state index contributed by atoms with van der Waals surface area (Å²) in [6, 6.07) is 9.38. The Kier molecular flexibility index (Phi) is 3.88. The molecule has 0 amide bonds. The monoisotopic (exact) mass is 269 g/mol. The van der Waals surface area contributed by atoms with Crippen molar-refractivity contribution < 1.29 is 0 Å². The topological polar surface area (TPSA) is 29.9 Å². The molecular weight excluding hydrogens is 246 g/mol. The molecule has 0 bridgehead atoms. The number of hydrogen-bond acceptors (Lipinski definition) is 2. The Bertz CT molecular complexity index is 586. The molecule has 2 aromatic rings. The van der Waals surface area contributed by atoms with E-state index in [1.54, 1.807) is 0 Å². The molecule has 0 radical (unpaired) electrons. The van der Waals surface area contributed by atoms with E-state index in [-0.39, 0.29) is 0 Å². The Morgan fingerprint density at radius 1 is 1.30 bits per heavy atom. The van der Waals surface area contributed by atoms with E-state index in [4.69, 9.17) is 0 Å². The van der Waals surface area contributed by atoms with Gasteiger partial charge in [0.1, 0.15) is 0 Å². The number of aromatic nitrogens is 2. The van der Waals surface area contributed by atoms with Crippen LogP contribution >= 0.6 is 0 Å².